The van der Waals surface area contributed by atoms with Gasteiger partial charge in [-0.1, -0.05) is 20.6 Å². The van der Waals surface area contributed by atoms with Gasteiger partial charge in [0.25, 0.3) is 0 Å². The van der Waals surface area contributed by atoms with Crippen LogP contribution in [0.4, 0.5) is 0 Å². The molecule has 0 atom stereocenters. The number of hydrogen-bond acceptors (Lipinski definition) is 8. The Hall–Kier alpha value is -1.41. The molecule has 33 heavy (non-hydrogen) atoms. The molecule has 3 aromatic rings. The summed E-state index contributed by atoms with van der Waals surface area (Å²) in [5.41, 5.74) is 6.88. The van der Waals surface area contributed by atoms with Crippen LogP contribution in [0.2, 0.25) is 0 Å². The number of nitrogens with zero attached hydrogens (tertiary/aromatic N) is 4. The molecule has 0 amide bonds. The van der Waals surface area contributed by atoms with Gasteiger partial charge in [-0.25, -0.2) is 0 Å². The average molecular weight is 483 g/mol. The van der Waals surface area contributed by atoms with E-state index in [4.69, 9.17) is 15.2 Å². The third kappa shape index (κ3) is 8.70. The van der Waals surface area contributed by atoms with Crippen molar-refractivity contribution in [2.45, 2.75) is 20.4 Å². The predicted octanol–water partition coefficient (Wildman–Crippen LogP) is -2.24. The summed E-state index contributed by atoms with van der Waals surface area (Å²) in [4.78, 5) is 15.8. The first-order chi connectivity index (χ1) is 15.7. The van der Waals surface area contributed by atoms with Crippen LogP contribution < -0.4 is 72.5 Å². The summed E-state index contributed by atoms with van der Waals surface area (Å²) in [6, 6.07) is 10.6. The molecule has 0 aliphatic carbocycles. The van der Waals surface area contributed by atoms with Gasteiger partial charge in [0.1, 0.15) is 12.4 Å². The standard InChI is InChI=1S/C20H25N6O4.C2H6.K/c1-29-10-11-30-17-5-2-15(3-6-17)20-24-23-18(13-25(14-27)9-8-21)26(20)16-4-7-19(28)22-12-16;1-2;/h2-7,12H,8-11,13-14,21H2,1H3,(H,22,28);1-2H3;/q-1;;+1. The molecule has 0 saturated heterocycles. The number of rotatable bonds is 11. The minimum absolute atomic E-state index is 0. The van der Waals surface area contributed by atoms with E-state index in [-0.39, 0.29) is 63.5 Å². The Morgan fingerprint density at radius 3 is 2.42 bits per heavy atom. The van der Waals surface area contributed by atoms with Crippen molar-refractivity contribution in [2.75, 3.05) is 40.1 Å². The zero-order valence-electron chi connectivity index (χ0n) is 19.8. The summed E-state index contributed by atoms with van der Waals surface area (Å²) in [7, 11) is 1.62. The maximum absolute atomic E-state index is 11.5. The van der Waals surface area contributed by atoms with Crippen molar-refractivity contribution in [3.05, 3.63) is 58.8 Å². The second kappa shape index (κ2) is 16.3. The Morgan fingerprint density at radius 2 is 1.85 bits per heavy atom. The third-order valence-corrected chi connectivity index (χ3v) is 4.42. The van der Waals surface area contributed by atoms with Crippen LogP contribution in [-0.4, -0.2) is 64.8 Å². The molecule has 2 heterocycles. The van der Waals surface area contributed by atoms with Gasteiger partial charge in [0.05, 0.1) is 18.8 Å². The van der Waals surface area contributed by atoms with Gasteiger partial charge in [-0.05, 0) is 30.3 Å². The van der Waals surface area contributed by atoms with E-state index in [0.717, 1.165) is 5.56 Å². The number of hydrogen-bond donors (Lipinski definition) is 2. The molecular weight excluding hydrogens is 451 g/mol. The quantitative estimate of drug-likeness (QED) is 0.178. The van der Waals surface area contributed by atoms with E-state index in [1.54, 1.807) is 24.3 Å². The fraction of sp³-hybridized carbons (Fsp3) is 0.409. The molecule has 10 nitrogen and oxygen atoms in total. The molecule has 0 saturated carbocycles. The summed E-state index contributed by atoms with van der Waals surface area (Å²) >= 11 is 0. The first kappa shape index (κ1) is 29.6. The topological polar surface area (TPSA) is 134 Å². The number of methoxy groups -OCH3 is 1. The van der Waals surface area contributed by atoms with E-state index in [9.17, 15) is 9.90 Å². The van der Waals surface area contributed by atoms with Crippen molar-refractivity contribution in [3.63, 3.8) is 0 Å². The Bertz CT molecular complexity index is 973. The molecule has 3 N–H and O–H groups in total. The van der Waals surface area contributed by atoms with E-state index in [0.29, 0.717) is 49.4 Å². The zero-order valence-corrected chi connectivity index (χ0v) is 22.9. The molecule has 0 radical (unpaired) electrons. The van der Waals surface area contributed by atoms with Gasteiger partial charge in [-0.3, -0.25) is 9.36 Å². The molecule has 0 aliphatic heterocycles. The number of aromatic amines is 1. The molecule has 2 aromatic heterocycles. The van der Waals surface area contributed by atoms with E-state index in [2.05, 4.69) is 15.2 Å². The van der Waals surface area contributed by atoms with E-state index >= 15 is 0 Å². The second-order valence-corrected chi connectivity index (χ2v) is 6.52. The predicted molar refractivity (Wildman–Crippen MR) is 120 cm³/mol. The normalized spacial score (nSPS) is 10.4. The number of pyridine rings is 1. The Kier molecular flexibility index (Phi) is 14.6. The number of H-pyrrole nitrogens is 1. The number of aromatic nitrogens is 4. The third-order valence-electron chi connectivity index (χ3n) is 4.42. The van der Waals surface area contributed by atoms with Crippen LogP contribution >= 0.6 is 0 Å². The average Bonchev–Trinajstić information content (AvgIpc) is 3.24. The van der Waals surface area contributed by atoms with Gasteiger partial charge < -0.3 is 30.2 Å². The molecule has 0 aliphatic rings. The Labute approximate surface area is 236 Å². The minimum atomic E-state index is -0.404. The van der Waals surface area contributed by atoms with Gasteiger partial charge >= 0.3 is 51.4 Å². The monoisotopic (exact) mass is 482 g/mol. The summed E-state index contributed by atoms with van der Waals surface area (Å²) in [5, 5.41) is 20.1. The molecular formula is C22H31KN6O4. The summed E-state index contributed by atoms with van der Waals surface area (Å²) in [6.45, 7) is 5.66. The van der Waals surface area contributed by atoms with E-state index < -0.39 is 6.73 Å². The minimum Gasteiger partial charge on any atom is -0.843 e. The van der Waals surface area contributed by atoms with Gasteiger partial charge in [0, 0.05) is 38.0 Å². The van der Waals surface area contributed by atoms with E-state index in [1.807, 2.05) is 42.7 Å². The van der Waals surface area contributed by atoms with Crippen LogP contribution in [0.25, 0.3) is 17.1 Å². The van der Waals surface area contributed by atoms with Crippen molar-refractivity contribution in [1.82, 2.24) is 24.6 Å². The Balaban J connectivity index is 0.00000177. The molecule has 0 spiro atoms. The molecule has 11 heteroatoms. The molecule has 174 valence electrons. The zero-order chi connectivity index (χ0) is 23.3. The van der Waals surface area contributed by atoms with Crippen molar-refractivity contribution in [3.8, 4) is 22.8 Å². The van der Waals surface area contributed by atoms with Crippen molar-refractivity contribution < 1.29 is 66.0 Å². The number of benzene rings is 1. The van der Waals surface area contributed by atoms with Crippen LogP contribution in [0, 0.1) is 0 Å². The van der Waals surface area contributed by atoms with Gasteiger partial charge in [0.2, 0.25) is 5.56 Å². The van der Waals surface area contributed by atoms with Crippen molar-refractivity contribution in [2.24, 2.45) is 5.73 Å². The van der Waals surface area contributed by atoms with Gasteiger partial charge in [-0.15, -0.1) is 10.2 Å². The van der Waals surface area contributed by atoms with E-state index in [1.165, 1.54) is 6.07 Å². The van der Waals surface area contributed by atoms with Gasteiger partial charge in [-0.2, -0.15) is 0 Å². The molecule has 0 unspecified atom stereocenters. The van der Waals surface area contributed by atoms with Crippen LogP contribution in [0.5, 0.6) is 5.75 Å². The van der Waals surface area contributed by atoms with Crippen LogP contribution in [0.15, 0.2) is 47.4 Å². The van der Waals surface area contributed by atoms with Gasteiger partial charge in [0.15, 0.2) is 11.6 Å². The second-order valence-electron chi connectivity index (χ2n) is 6.52. The maximum Gasteiger partial charge on any atom is 1.00 e. The number of ether oxygens (including phenoxy) is 2. The SMILES string of the molecule is CC.COCCOc1ccc(-c2nnc(CN(C[O-])CCN)n2-c2ccc(=O)[nH]c2)cc1.[K+]. The largest absolute Gasteiger partial charge is 1.00 e. The molecule has 0 fully saturated rings. The summed E-state index contributed by atoms with van der Waals surface area (Å²) < 4.78 is 12.4. The van der Waals surface area contributed by atoms with Crippen LogP contribution in [0.1, 0.15) is 19.7 Å². The molecule has 0 bridgehead atoms. The van der Waals surface area contributed by atoms with Crippen LogP contribution in [-0.2, 0) is 11.3 Å². The number of nitrogens with two attached hydrogens (primary N) is 1. The fourth-order valence-electron chi connectivity index (χ4n) is 2.93. The Morgan fingerprint density at radius 1 is 1.12 bits per heavy atom. The van der Waals surface area contributed by atoms with Crippen molar-refractivity contribution in [1.29, 1.82) is 0 Å². The molecule has 1 aromatic carbocycles. The van der Waals surface area contributed by atoms with Crippen LogP contribution in [0.3, 0.4) is 0 Å². The smallest absolute Gasteiger partial charge is 0.843 e. The summed E-state index contributed by atoms with van der Waals surface area (Å²) in [6.07, 6.45) is 1.59. The first-order valence-electron chi connectivity index (χ1n) is 10.5. The van der Waals surface area contributed by atoms with Crippen molar-refractivity contribution >= 4 is 0 Å². The number of nitrogens with one attached hydrogen (secondary N) is 1. The maximum atomic E-state index is 11.5. The summed E-state index contributed by atoms with van der Waals surface area (Å²) in [5.74, 6) is 1.87. The molecule has 3 rings (SSSR count). The first-order valence-corrected chi connectivity index (χ1v) is 10.5. The fourth-order valence-corrected chi connectivity index (χ4v) is 2.93.